The van der Waals surface area contributed by atoms with Gasteiger partial charge in [0.1, 0.15) is 6.33 Å². The number of hydrogen-bond acceptors (Lipinski definition) is 9. The molecule has 0 saturated heterocycles. The fourth-order valence-corrected chi connectivity index (χ4v) is 7.47. The minimum absolute atomic E-state index is 0.0174. The van der Waals surface area contributed by atoms with Crippen molar-refractivity contribution in [2.45, 2.75) is 203 Å². The van der Waals surface area contributed by atoms with E-state index in [1.165, 1.54) is 55.6 Å². The number of pyridine rings is 1. The van der Waals surface area contributed by atoms with Gasteiger partial charge in [-0.25, -0.2) is 9.97 Å². The molecule has 6 heterocycles. The number of rotatable bonds is 0. The van der Waals surface area contributed by atoms with Crippen LogP contribution in [-0.2, 0) is 57.4 Å². The van der Waals surface area contributed by atoms with E-state index < -0.39 is 0 Å². The van der Waals surface area contributed by atoms with E-state index in [1.807, 2.05) is 37.1 Å². The van der Waals surface area contributed by atoms with Crippen molar-refractivity contribution < 1.29 is 0 Å². The number of aliphatic imine (C=N–C) groups is 2. The van der Waals surface area contributed by atoms with Crippen LogP contribution in [0.25, 0.3) is 6.08 Å². The maximum atomic E-state index is 4.35. The standard InChI is InChI=1S/C13H16.2C12H15N.C9H13N.C8H12N2.2C6H11N3/c1-13(2,3)12-8-7-10-5-4-6-11(10)9-12;1-12(2,3)11-5-4-9-7-13-8-10(9)6-11;1-12(2,3)10-5-4-9-6-7-13-11(9)8-10;1-9(2,3)8-5-4-6-10-7-8;1-8(2,3)7-4-9-6-10-5-7;1-6(2,3)9-7-4-5-8-9;1-6(2,3)5-4-7-9-8-5/h4,6-9H,5H2,1-3H3;4-6,8H,7H2,1-3H3;4-5,7-8H,6H2,1-3H3;4-7H,1-3H3;4-6H,1-3H3;4-5H,1-3H3;4H,1-3H3,(H,7,8,9). The molecule has 0 amide bonds. The average molecular weight is 1040 g/mol. The molecule has 1 aliphatic carbocycles. The molecule has 10 rings (SSSR count). The lowest BCUT2D eigenvalue weighted by molar-refractivity contribution is 0.312. The Balaban J connectivity index is 0.000000195. The molecule has 11 heteroatoms. The van der Waals surface area contributed by atoms with Gasteiger partial charge in [-0.05, 0) is 128 Å². The van der Waals surface area contributed by atoms with Gasteiger partial charge in [0, 0.05) is 49.1 Å². The minimum atomic E-state index is 0.0174. The lowest BCUT2D eigenvalue weighted by Gasteiger charge is -2.19. The maximum absolute atomic E-state index is 4.35. The first-order valence-electron chi connectivity index (χ1n) is 27.1. The van der Waals surface area contributed by atoms with Gasteiger partial charge in [0.15, 0.2) is 0 Å². The van der Waals surface area contributed by atoms with Crippen LogP contribution in [0.3, 0.4) is 0 Å². The van der Waals surface area contributed by atoms with Crippen LogP contribution in [0.15, 0.2) is 132 Å². The van der Waals surface area contributed by atoms with E-state index in [-0.39, 0.29) is 38.0 Å². The summed E-state index contributed by atoms with van der Waals surface area (Å²) in [5, 5.41) is 18.2. The van der Waals surface area contributed by atoms with Gasteiger partial charge < -0.3 is 0 Å². The third kappa shape index (κ3) is 21.0. The predicted molar refractivity (Wildman–Crippen MR) is 325 cm³/mol. The van der Waals surface area contributed by atoms with Crippen LogP contribution < -0.4 is 0 Å². The van der Waals surface area contributed by atoms with Crippen molar-refractivity contribution in [1.29, 1.82) is 0 Å². The number of benzene rings is 3. The number of fused-ring (bicyclic) bond motifs is 3. The summed E-state index contributed by atoms with van der Waals surface area (Å²) in [5.41, 5.74) is 17.0. The zero-order chi connectivity index (χ0) is 57.5. The highest BCUT2D eigenvalue weighted by molar-refractivity contribution is 5.84. The van der Waals surface area contributed by atoms with Crippen molar-refractivity contribution in [1.82, 2.24) is 45.4 Å². The molecule has 3 aliphatic rings. The van der Waals surface area contributed by atoms with Crippen molar-refractivity contribution >= 4 is 24.2 Å². The minimum Gasteiger partial charge on any atom is -0.288 e. The third-order valence-electron chi connectivity index (χ3n) is 12.8. The van der Waals surface area contributed by atoms with E-state index in [0.717, 1.165) is 30.8 Å². The van der Waals surface area contributed by atoms with Crippen LogP contribution >= 0.6 is 0 Å². The SMILES string of the molecule is CC(C)(C)c1ccc2c(c1)C=CC2.CC(C)(C)c1ccc2c(c1)C=NC2.CC(C)(C)c1ccc2c(c1)N=CC2.CC(C)(C)c1cccnc1.CC(C)(C)c1cn[nH]n1.CC(C)(C)c1cncnc1.CC(C)(C)n1nccn1. The van der Waals surface area contributed by atoms with Gasteiger partial charge in [-0.2, -0.15) is 30.4 Å². The molecule has 412 valence electrons. The second kappa shape index (κ2) is 26.5. The van der Waals surface area contributed by atoms with Gasteiger partial charge in [0.2, 0.25) is 0 Å². The Kier molecular flexibility index (Phi) is 21.6. The molecular formula is C66H93N11. The van der Waals surface area contributed by atoms with Crippen LogP contribution in [0.1, 0.15) is 207 Å². The normalized spacial score (nSPS) is 13.2. The molecule has 0 saturated carbocycles. The molecule has 3 aromatic carbocycles. The summed E-state index contributed by atoms with van der Waals surface area (Å²) in [5.74, 6) is 0. The van der Waals surface area contributed by atoms with E-state index in [2.05, 4.69) is 269 Å². The Hall–Kier alpha value is -6.75. The van der Waals surface area contributed by atoms with Gasteiger partial charge in [0.05, 0.1) is 42.1 Å². The Morgan fingerprint density at radius 2 is 0.987 bits per heavy atom. The average Bonchev–Trinajstić information content (AvgIpc) is 4.21. The summed E-state index contributed by atoms with van der Waals surface area (Å²) >= 11 is 0. The molecule has 0 radical (unpaired) electrons. The van der Waals surface area contributed by atoms with Gasteiger partial charge in [0.25, 0.3) is 0 Å². The number of aromatic amines is 1. The first-order valence-corrected chi connectivity index (χ1v) is 27.1. The molecule has 7 aromatic rings. The zero-order valence-electron chi connectivity index (χ0n) is 50.9. The zero-order valence-corrected chi connectivity index (χ0v) is 50.9. The van der Waals surface area contributed by atoms with Crippen LogP contribution in [0.2, 0.25) is 0 Å². The highest BCUT2D eigenvalue weighted by Gasteiger charge is 2.20. The van der Waals surface area contributed by atoms with Gasteiger partial charge in [-0.15, -0.1) is 0 Å². The molecule has 0 unspecified atom stereocenters. The Morgan fingerprint density at radius 1 is 0.468 bits per heavy atom. The fourth-order valence-electron chi connectivity index (χ4n) is 7.47. The Morgan fingerprint density at radius 3 is 1.43 bits per heavy atom. The molecule has 0 atom stereocenters. The lowest BCUT2D eigenvalue weighted by Crippen LogP contribution is -2.24. The first kappa shape index (κ1) is 62.8. The van der Waals surface area contributed by atoms with Crippen molar-refractivity contribution in [3.63, 3.8) is 0 Å². The number of H-pyrrole nitrogens is 1. The highest BCUT2D eigenvalue weighted by Crippen LogP contribution is 2.32. The molecule has 11 nitrogen and oxygen atoms in total. The quantitative estimate of drug-likeness (QED) is 0.160. The van der Waals surface area contributed by atoms with E-state index in [0.29, 0.717) is 0 Å². The molecular weight excluding hydrogens is 947 g/mol. The fraction of sp³-hybridized carbons (Fsp3) is 0.470. The van der Waals surface area contributed by atoms with Crippen molar-refractivity contribution in [2.75, 3.05) is 0 Å². The molecule has 0 fully saturated rings. The van der Waals surface area contributed by atoms with Gasteiger partial charge in [-0.1, -0.05) is 185 Å². The molecule has 0 bridgehead atoms. The monoisotopic (exact) mass is 1040 g/mol. The second-order valence-electron chi connectivity index (χ2n) is 27.0. The Labute approximate surface area is 464 Å². The molecule has 2 aliphatic heterocycles. The summed E-state index contributed by atoms with van der Waals surface area (Å²) in [4.78, 5) is 22.2. The summed E-state index contributed by atoms with van der Waals surface area (Å²) in [6.07, 6.45) is 24.6. The smallest absolute Gasteiger partial charge is 0.115 e. The van der Waals surface area contributed by atoms with Crippen molar-refractivity contribution in [2.24, 2.45) is 9.98 Å². The molecule has 77 heavy (non-hydrogen) atoms. The largest absolute Gasteiger partial charge is 0.288 e. The number of nitrogens with zero attached hydrogens (tertiary/aromatic N) is 10. The van der Waals surface area contributed by atoms with E-state index in [9.17, 15) is 0 Å². The van der Waals surface area contributed by atoms with E-state index >= 15 is 0 Å². The van der Waals surface area contributed by atoms with Gasteiger partial charge in [-0.3, -0.25) is 15.0 Å². The van der Waals surface area contributed by atoms with Crippen molar-refractivity contribution in [3.05, 3.63) is 184 Å². The van der Waals surface area contributed by atoms with Crippen LogP contribution in [0.5, 0.6) is 0 Å². The number of allylic oxidation sites excluding steroid dienone is 1. The molecule has 1 N–H and O–H groups in total. The Bertz CT molecular complexity index is 2670. The molecule has 0 spiro atoms. The molecule has 4 aromatic heterocycles. The van der Waals surface area contributed by atoms with E-state index in [1.54, 1.807) is 35.9 Å². The summed E-state index contributed by atoms with van der Waals surface area (Å²) in [6.45, 7) is 46.5. The van der Waals surface area contributed by atoms with Crippen molar-refractivity contribution in [3.8, 4) is 0 Å². The topological polar surface area (TPSA) is 136 Å². The van der Waals surface area contributed by atoms with Gasteiger partial charge >= 0.3 is 0 Å². The third-order valence-corrected chi connectivity index (χ3v) is 12.8. The predicted octanol–water partition coefficient (Wildman–Crippen LogP) is 16.0. The number of nitrogens with one attached hydrogen (secondary N) is 1. The summed E-state index contributed by atoms with van der Waals surface area (Å²) in [6, 6.07) is 24.2. The number of hydrogen-bond donors (Lipinski definition) is 1. The summed E-state index contributed by atoms with van der Waals surface area (Å²) in [7, 11) is 0. The van der Waals surface area contributed by atoms with Crippen LogP contribution in [0, 0.1) is 0 Å². The first-order chi connectivity index (χ1) is 35.6. The summed E-state index contributed by atoms with van der Waals surface area (Å²) < 4.78 is 0. The van der Waals surface area contributed by atoms with Crippen LogP contribution in [-0.4, -0.2) is 57.8 Å². The highest BCUT2D eigenvalue weighted by atomic mass is 15.5. The lowest BCUT2D eigenvalue weighted by atomic mass is 9.85. The second-order valence-corrected chi connectivity index (χ2v) is 27.0. The number of aromatic nitrogens is 9. The van der Waals surface area contributed by atoms with Crippen LogP contribution in [0.4, 0.5) is 5.69 Å². The van der Waals surface area contributed by atoms with E-state index in [4.69, 9.17) is 0 Å². The maximum Gasteiger partial charge on any atom is 0.115 e.